The molecule has 0 fully saturated rings. The number of carbonyl (C=O) groups is 2. The third kappa shape index (κ3) is 7.09. The summed E-state index contributed by atoms with van der Waals surface area (Å²) in [5.41, 5.74) is 2.00. The molecule has 0 unspecified atom stereocenters. The van der Waals surface area contributed by atoms with Gasteiger partial charge < -0.3 is 10.2 Å². The van der Waals surface area contributed by atoms with Gasteiger partial charge in [0.2, 0.25) is 11.8 Å². The van der Waals surface area contributed by atoms with Crippen LogP contribution in [0.4, 0.5) is 0 Å². The Bertz CT molecular complexity index is 826. The van der Waals surface area contributed by atoms with Gasteiger partial charge in [0.05, 0.1) is 5.75 Å². The number of halogens is 1. The van der Waals surface area contributed by atoms with E-state index in [4.69, 9.17) is 11.6 Å². The first-order valence-electron chi connectivity index (χ1n) is 9.84. The molecule has 0 spiro atoms. The number of amides is 2. The Labute approximate surface area is 183 Å². The summed E-state index contributed by atoms with van der Waals surface area (Å²) < 4.78 is 0. The zero-order chi connectivity index (χ0) is 21.4. The summed E-state index contributed by atoms with van der Waals surface area (Å²) >= 11 is 7.78. The monoisotopic (exact) mass is 432 g/mol. The van der Waals surface area contributed by atoms with Gasteiger partial charge in [0.1, 0.15) is 6.04 Å². The van der Waals surface area contributed by atoms with Crippen LogP contribution >= 0.6 is 23.4 Å². The summed E-state index contributed by atoms with van der Waals surface area (Å²) in [5.74, 6) is 0.0106. The Balaban J connectivity index is 2.15. The highest BCUT2D eigenvalue weighted by atomic mass is 35.5. The lowest BCUT2D eigenvalue weighted by atomic mass is 10.1. The number of thioether (sulfide) groups is 1. The van der Waals surface area contributed by atoms with Gasteiger partial charge in [-0.3, -0.25) is 9.59 Å². The van der Waals surface area contributed by atoms with Crippen LogP contribution in [0.25, 0.3) is 0 Å². The molecule has 0 aliphatic heterocycles. The molecule has 2 aromatic carbocycles. The van der Waals surface area contributed by atoms with Gasteiger partial charge in [-0.25, -0.2) is 0 Å². The standard InChI is InChI=1S/C23H29ClN2O2S/c1-5-17(3)25-23(28)18(4)26(14-19-8-6-7-9-21(19)24)22(27)15-29-20-12-10-16(2)11-13-20/h6-13,17-18H,5,14-15H2,1-4H3,(H,25,28)/t17-,18+/m1/s1. The summed E-state index contributed by atoms with van der Waals surface area (Å²) in [5, 5.41) is 3.56. The molecule has 0 saturated carbocycles. The highest BCUT2D eigenvalue weighted by Gasteiger charge is 2.27. The lowest BCUT2D eigenvalue weighted by Gasteiger charge is -2.30. The van der Waals surface area contributed by atoms with Gasteiger partial charge in [0, 0.05) is 22.5 Å². The number of rotatable bonds is 9. The molecule has 6 heteroatoms. The molecule has 0 aliphatic rings. The van der Waals surface area contributed by atoms with Gasteiger partial charge in [-0.15, -0.1) is 11.8 Å². The normalized spacial score (nSPS) is 12.9. The van der Waals surface area contributed by atoms with Crippen LogP contribution in [0.5, 0.6) is 0 Å². The van der Waals surface area contributed by atoms with Gasteiger partial charge >= 0.3 is 0 Å². The van der Waals surface area contributed by atoms with Crippen molar-refractivity contribution >= 4 is 35.2 Å². The van der Waals surface area contributed by atoms with E-state index >= 15 is 0 Å². The first-order chi connectivity index (χ1) is 13.8. The summed E-state index contributed by atoms with van der Waals surface area (Å²) in [4.78, 5) is 28.4. The van der Waals surface area contributed by atoms with Crippen molar-refractivity contribution in [2.24, 2.45) is 0 Å². The quantitative estimate of drug-likeness (QED) is 0.562. The number of carbonyl (C=O) groups excluding carboxylic acids is 2. The molecule has 2 aromatic rings. The second kappa shape index (κ2) is 11.3. The fraction of sp³-hybridized carbons (Fsp3) is 0.391. The minimum absolute atomic E-state index is 0.0594. The SMILES string of the molecule is CC[C@@H](C)NC(=O)[C@H](C)N(Cc1ccccc1Cl)C(=O)CSc1ccc(C)cc1. The smallest absolute Gasteiger partial charge is 0.242 e. The molecule has 0 bridgehead atoms. The molecule has 0 aromatic heterocycles. The van der Waals surface area contributed by atoms with Gasteiger partial charge in [-0.1, -0.05) is 54.4 Å². The van der Waals surface area contributed by atoms with Crippen LogP contribution in [0.1, 0.15) is 38.3 Å². The fourth-order valence-corrected chi connectivity index (χ4v) is 3.70. The van der Waals surface area contributed by atoms with Gasteiger partial charge in [-0.2, -0.15) is 0 Å². The molecular formula is C23H29ClN2O2S. The first kappa shape index (κ1) is 23.3. The Kier molecular flexibility index (Phi) is 9.05. The third-order valence-electron chi connectivity index (χ3n) is 4.85. The molecule has 2 amide bonds. The molecule has 0 saturated heterocycles. The third-order valence-corrected chi connectivity index (χ3v) is 6.22. The zero-order valence-electron chi connectivity index (χ0n) is 17.4. The van der Waals surface area contributed by atoms with Crippen molar-refractivity contribution in [2.75, 3.05) is 5.75 Å². The predicted molar refractivity (Wildman–Crippen MR) is 121 cm³/mol. The Morgan fingerprint density at radius 2 is 1.76 bits per heavy atom. The summed E-state index contributed by atoms with van der Waals surface area (Å²) in [6.45, 7) is 8.06. The fourth-order valence-electron chi connectivity index (χ4n) is 2.72. The van der Waals surface area contributed by atoms with Crippen LogP contribution in [0.2, 0.25) is 5.02 Å². The first-order valence-corrected chi connectivity index (χ1v) is 11.2. The largest absolute Gasteiger partial charge is 0.352 e. The number of hydrogen-bond donors (Lipinski definition) is 1. The lowest BCUT2D eigenvalue weighted by Crippen LogP contribution is -2.50. The van der Waals surface area contributed by atoms with E-state index in [9.17, 15) is 9.59 Å². The molecule has 4 nitrogen and oxygen atoms in total. The minimum Gasteiger partial charge on any atom is -0.352 e. The van der Waals surface area contributed by atoms with Crippen molar-refractivity contribution in [3.05, 3.63) is 64.7 Å². The Morgan fingerprint density at radius 3 is 2.38 bits per heavy atom. The van der Waals surface area contributed by atoms with E-state index in [1.165, 1.54) is 17.3 Å². The van der Waals surface area contributed by atoms with Gasteiger partial charge in [0.15, 0.2) is 0 Å². The number of benzene rings is 2. The summed E-state index contributed by atoms with van der Waals surface area (Å²) in [6.07, 6.45) is 0.834. The molecule has 156 valence electrons. The molecule has 29 heavy (non-hydrogen) atoms. The molecule has 1 N–H and O–H groups in total. The van der Waals surface area contributed by atoms with E-state index in [0.717, 1.165) is 16.9 Å². The predicted octanol–water partition coefficient (Wildman–Crippen LogP) is 5.07. The number of nitrogens with one attached hydrogen (secondary N) is 1. The molecule has 0 aliphatic carbocycles. The van der Waals surface area contributed by atoms with E-state index in [1.807, 2.05) is 63.2 Å². The molecule has 2 rings (SSSR count). The molecular weight excluding hydrogens is 404 g/mol. The van der Waals surface area contributed by atoms with Crippen LogP contribution in [-0.2, 0) is 16.1 Å². The van der Waals surface area contributed by atoms with E-state index in [1.54, 1.807) is 17.9 Å². The number of aryl methyl sites for hydroxylation is 1. The van der Waals surface area contributed by atoms with E-state index < -0.39 is 6.04 Å². The zero-order valence-corrected chi connectivity index (χ0v) is 19.0. The van der Waals surface area contributed by atoms with Crippen molar-refractivity contribution in [2.45, 2.75) is 57.6 Å². The average Bonchev–Trinajstić information content (AvgIpc) is 2.71. The maximum atomic E-state index is 13.1. The average molecular weight is 433 g/mol. The maximum absolute atomic E-state index is 13.1. The summed E-state index contributed by atoms with van der Waals surface area (Å²) in [7, 11) is 0. The number of nitrogens with zero attached hydrogens (tertiary/aromatic N) is 1. The van der Waals surface area contributed by atoms with Crippen molar-refractivity contribution in [1.29, 1.82) is 0 Å². The van der Waals surface area contributed by atoms with Crippen LogP contribution in [-0.4, -0.2) is 34.6 Å². The van der Waals surface area contributed by atoms with Crippen molar-refractivity contribution in [3.63, 3.8) is 0 Å². The Morgan fingerprint density at radius 1 is 1.10 bits per heavy atom. The van der Waals surface area contributed by atoms with Crippen molar-refractivity contribution < 1.29 is 9.59 Å². The van der Waals surface area contributed by atoms with Crippen molar-refractivity contribution in [1.82, 2.24) is 10.2 Å². The van der Waals surface area contributed by atoms with E-state index in [-0.39, 0.29) is 23.6 Å². The topological polar surface area (TPSA) is 49.4 Å². The van der Waals surface area contributed by atoms with E-state index in [2.05, 4.69) is 5.32 Å². The Hall–Kier alpha value is -1.98. The van der Waals surface area contributed by atoms with Crippen LogP contribution in [0.15, 0.2) is 53.4 Å². The second-order valence-electron chi connectivity index (χ2n) is 7.21. The second-order valence-corrected chi connectivity index (χ2v) is 8.66. The molecule has 2 atom stereocenters. The highest BCUT2D eigenvalue weighted by molar-refractivity contribution is 8.00. The molecule has 0 radical (unpaired) electrons. The molecule has 0 heterocycles. The van der Waals surface area contributed by atoms with Crippen molar-refractivity contribution in [3.8, 4) is 0 Å². The highest BCUT2D eigenvalue weighted by Crippen LogP contribution is 2.22. The van der Waals surface area contributed by atoms with E-state index in [0.29, 0.717) is 11.6 Å². The lowest BCUT2D eigenvalue weighted by molar-refractivity contribution is -0.138. The van der Waals surface area contributed by atoms with Gasteiger partial charge in [-0.05, 0) is 51.0 Å². The maximum Gasteiger partial charge on any atom is 0.242 e. The summed E-state index contributed by atoms with van der Waals surface area (Å²) in [6, 6.07) is 14.9. The number of hydrogen-bond acceptors (Lipinski definition) is 3. The van der Waals surface area contributed by atoms with Gasteiger partial charge in [0.25, 0.3) is 0 Å². The van der Waals surface area contributed by atoms with Crippen LogP contribution in [0.3, 0.4) is 0 Å². The van der Waals surface area contributed by atoms with Crippen LogP contribution in [0, 0.1) is 6.92 Å². The van der Waals surface area contributed by atoms with Crippen LogP contribution < -0.4 is 5.32 Å². The minimum atomic E-state index is -0.591.